The predicted octanol–water partition coefficient (Wildman–Crippen LogP) is 2.55. The van der Waals surface area contributed by atoms with E-state index in [0.29, 0.717) is 5.15 Å². The third-order valence-electron chi connectivity index (χ3n) is 2.34. The quantitative estimate of drug-likeness (QED) is 0.763. The van der Waals surface area contributed by atoms with Crippen LogP contribution in [0.15, 0.2) is 18.2 Å². The maximum absolute atomic E-state index is 5.79. The molecule has 14 heavy (non-hydrogen) atoms. The molecule has 1 aromatic rings. The van der Waals surface area contributed by atoms with Crippen molar-refractivity contribution in [3.63, 3.8) is 0 Å². The highest BCUT2D eigenvalue weighted by Gasteiger charge is 2.09. The van der Waals surface area contributed by atoms with Crippen molar-refractivity contribution in [2.45, 2.75) is 19.3 Å². The highest BCUT2D eigenvalue weighted by molar-refractivity contribution is 6.29. The third kappa shape index (κ3) is 2.59. The first-order chi connectivity index (χ1) is 6.84. The normalized spacial score (nSPS) is 18.1. The van der Waals surface area contributed by atoms with Gasteiger partial charge in [-0.25, -0.2) is 9.99 Å². The van der Waals surface area contributed by atoms with Crippen molar-refractivity contribution in [3.8, 4) is 0 Å². The molecule has 0 radical (unpaired) electrons. The maximum Gasteiger partial charge on any atom is 0.142 e. The van der Waals surface area contributed by atoms with Crippen molar-refractivity contribution >= 4 is 17.4 Å². The van der Waals surface area contributed by atoms with E-state index in [9.17, 15) is 0 Å². The summed E-state index contributed by atoms with van der Waals surface area (Å²) in [6.07, 6.45) is 3.85. The van der Waals surface area contributed by atoms with Gasteiger partial charge >= 0.3 is 0 Å². The van der Waals surface area contributed by atoms with Gasteiger partial charge in [0.15, 0.2) is 0 Å². The average Bonchev–Trinajstić information content (AvgIpc) is 2.19. The van der Waals surface area contributed by atoms with Crippen LogP contribution in [0, 0.1) is 0 Å². The molecule has 1 saturated heterocycles. The molecule has 0 aliphatic carbocycles. The van der Waals surface area contributed by atoms with E-state index in [4.69, 9.17) is 11.6 Å². The molecule has 4 heteroatoms. The number of anilines is 1. The molecule has 2 heterocycles. The zero-order chi connectivity index (χ0) is 9.80. The summed E-state index contributed by atoms with van der Waals surface area (Å²) in [6, 6.07) is 5.62. The average molecular weight is 212 g/mol. The van der Waals surface area contributed by atoms with Gasteiger partial charge in [0.1, 0.15) is 11.0 Å². The number of nitrogens with one attached hydrogen (secondary N) is 1. The molecule has 2 rings (SSSR count). The zero-order valence-electron chi connectivity index (χ0n) is 8.04. The molecular weight excluding hydrogens is 198 g/mol. The van der Waals surface area contributed by atoms with Gasteiger partial charge in [-0.05, 0) is 25.0 Å². The Labute approximate surface area is 89.1 Å². The molecule has 1 aliphatic heterocycles. The van der Waals surface area contributed by atoms with Crippen LogP contribution in [0.5, 0.6) is 0 Å². The highest BCUT2D eigenvalue weighted by atomic mass is 35.5. The molecule has 0 amide bonds. The third-order valence-corrected chi connectivity index (χ3v) is 2.55. The van der Waals surface area contributed by atoms with Gasteiger partial charge in [-0.1, -0.05) is 24.1 Å². The molecule has 0 atom stereocenters. The minimum atomic E-state index is 0.534. The number of hydrazine groups is 1. The summed E-state index contributed by atoms with van der Waals surface area (Å²) in [6.45, 7) is 2.18. The van der Waals surface area contributed by atoms with Crippen molar-refractivity contribution in [1.82, 2.24) is 9.99 Å². The van der Waals surface area contributed by atoms with Crippen LogP contribution in [0.4, 0.5) is 5.82 Å². The SMILES string of the molecule is Clc1cccc(NN2CCCCC2)n1. The lowest BCUT2D eigenvalue weighted by Crippen LogP contribution is -2.35. The first-order valence-electron chi connectivity index (χ1n) is 4.99. The lowest BCUT2D eigenvalue weighted by molar-refractivity contribution is 0.272. The van der Waals surface area contributed by atoms with E-state index >= 15 is 0 Å². The Morgan fingerprint density at radius 2 is 2.00 bits per heavy atom. The summed E-state index contributed by atoms with van der Waals surface area (Å²) in [5, 5.41) is 2.73. The van der Waals surface area contributed by atoms with Crippen LogP contribution in [0.1, 0.15) is 19.3 Å². The lowest BCUT2D eigenvalue weighted by Gasteiger charge is -2.27. The van der Waals surface area contributed by atoms with E-state index in [1.54, 1.807) is 6.07 Å². The van der Waals surface area contributed by atoms with Crippen LogP contribution in [-0.4, -0.2) is 23.1 Å². The Balaban J connectivity index is 1.95. The lowest BCUT2D eigenvalue weighted by atomic mass is 10.2. The number of aromatic nitrogens is 1. The maximum atomic E-state index is 5.79. The van der Waals surface area contributed by atoms with Crippen LogP contribution >= 0.6 is 11.6 Å². The first-order valence-corrected chi connectivity index (χ1v) is 5.36. The minimum Gasteiger partial charge on any atom is -0.303 e. The number of rotatable bonds is 2. The van der Waals surface area contributed by atoms with Gasteiger partial charge in [-0.2, -0.15) is 0 Å². The van der Waals surface area contributed by atoms with Gasteiger partial charge in [0.05, 0.1) is 0 Å². The molecule has 0 saturated carbocycles. The molecular formula is C10H14ClN3. The fraction of sp³-hybridized carbons (Fsp3) is 0.500. The monoisotopic (exact) mass is 211 g/mol. The standard InChI is InChI=1S/C10H14ClN3/c11-9-5-4-6-10(12-9)13-14-7-2-1-3-8-14/h4-6H,1-3,7-8H2,(H,12,13). The van der Waals surface area contributed by atoms with E-state index in [-0.39, 0.29) is 0 Å². The molecule has 3 nitrogen and oxygen atoms in total. The van der Waals surface area contributed by atoms with E-state index in [1.807, 2.05) is 12.1 Å². The predicted molar refractivity (Wildman–Crippen MR) is 58.3 cm³/mol. The topological polar surface area (TPSA) is 28.2 Å². The van der Waals surface area contributed by atoms with E-state index in [2.05, 4.69) is 15.4 Å². The summed E-state index contributed by atoms with van der Waals surface area (Å²) >= 11 is 5.79. The van der Waals surface area contributed by atoms with Crippen molar-refractivity contribution in [3.05, 3.63) is 23.4 Å². The molecule has 1 aromatic heterocycles. The zero-order valence-corrected chi connectivity index (χ0v) is 8.80. The van der Waals surface area contributed by atoms with E-state index < -0.39 is 0 Å². The second kappa shape index (κ2) is 4.62. The molecule has 1 fully saturated rings. The van der Waals surface area contributed by atoms with Crippen LogP contribution in [0.25, 0.3) is 0 Å². The molecule has 76 valence electrons. The molecule has 0 bridgehead atoms. The van der Waals surface area contributed by atoms with Gasteiger partial charge in [0.2, 0.25) is 0 Å². The molecule has 0 unspecified atom stereocenters. The number of pyridine rings is 1. The number of hydrogen-bond donors (Lipinski definition) is 1. The number of hydrogen-bond acceptors (Lipinski definition) is 3. The summed E-state index contributed by atoms with van der Waals surface area (Å²) in [7, 11) is 0. The fourth-order valence-electron chi connectivity index (χ4n) is 1.64. The van der Waals surface area contributed by atoms with Gasteiger partial charge in [-0.15, -0.1) is 0 Å². The summed E-state index contributed by atoms with van der Waals surface area (Å²) in [5.41, 5.74) is 3.26. The fourth-order valence-corrected chi connectivity index (χ4v) is 1.80. The van der Waals surface area contributed by atoms with Crippen molar-refractivity contribution in [2.75, 3.05) is 18.5 Å². The van der Waals surface area contributed by atoms with Crippen LogP contribution in [-0.2, 0) is 0 Å². The van der Waals surface area contributed by atoms with Gasteiger partial charge in [0, 0.05) is 13.1 Å². The first kappa shape index (κ1) is 9.74. The highest BCUT2D eigenvalue weighted by Crippen LogP contribution is 2.13. The number of nitrogens with zero attached hydrogens (tertiary/aromatic N) is 2. The second-order valence-electron chi connectivity index (χ2n) is 3.51. The Morgan fingerprint density at radius 1 is 1.21 bits per heavy atom. The molecule has 1 N–H and O–H groups in total. The Hall–Kier alpha value is -0.800. The number of halogens is 1. The van der Waals surface area contributed by atoms with E-state index in [1.165, 1.54) is 19.3 Å². The summed E-state index contributed by atoms with van der Waals surface area (Å²) in [5.74, 6) is 0.833. The van der Waals surface area contributed by atoms with Crippen molar-refractivity contribution in [1.29, 1.82) is 0 Å². The Bertz CT molecular complexity index is 297. The summed E-state index contributed by atoms with van der Waals surface area (Å²) in [4.78, 5) is 4.18. The minimum absolute atomic E-state index is 0.534. The van der Waals surface area contributed by atoms with Crippen molar-refractivity contribution < 1.29 is 0 Å². The Morgan fingerprint density at radius 3 is 2.71 bits per heavy atom. The Kier molecular flexibility index (Phi) is 3.22. The summed E-state index contributed by atoms with van der Waals surface area (Å²) < 4.78 is 0. The van der Waals surface area contributed by atoms with Crippen LogP contribution in [0.3, 0.4) is 0 Å². The number of piperidine rings is 1. The van der Waals surface area contributed by atoms with E-state index in [0.717, 1.165) is 18.9 Å². The van der Waals surface area contributed by atoms with Gasteiger partial charge in [-0.3, -0.25) is 0 Å². The molecule has 0 aromatic carbocycles. The largest absolute Gasteiger partial charge is 0.303 e. The van der Waals surface area contributed by atoms with Gasteiger partial charge < -0.3 is 5.43 Å². The molecule has 1 aliphatic rings. The van der Waals surface area contributed by atoms with Crippen LogP contribution in [0.2, 0.25) is 5.15 Å². The van der Waals surface area contributed by atoms with Gasteiger partial charge in [0.25, 0.3) is 0 Å². The smallest absolute Gasteiger partial charge is 0.142 e. The second-order valence-corrected chi connectivity index (χ2v) is 3.89. The van der Waals surface area contributed by atoms with Crippen LogP contribution < -0.4 is 5.43 Å². The van der Waals surface area contributed by atoms with Crippen molar-refractivity contribution in [2.24, 2.45) is 0 Å². The molecule has 0 spiro atoms.